The van der Waals surface area contributed by atoms with Gasteiger partial charge < -0.3 is 14.9 Å². The van der Waals surface area contributed by atoms with Crippen molar-refractivity contribution in [3.63, 3.8) is 0 Å². The number of carbonyl (C=O) groups excluding carboxylic acids is 1. The summed E-state index contributed by atoms with van der Waals surface area (Å²) < 4.78 is 4.86. The van der Waals surface area contributed by atoms with E-state index >= 15 is 0 Å². The first-order chi connectivity index (χ1) is 7.60. The topological polar surface area (TPSA) is 66.8 Å². The van der Waals surface area contributed by atoms with Crippen LogP contribution in [-0.2, 0) is 9.53 Å². The molecule has 0 radical (unpaired) electrons. The molecule has 0 aliphatic carbocycles. The SMILES string of the molecule is CC[C@H](C)CC[C@@H](O)[C@H]1C(=O)OC[C@H]1CO. The Labute approximate surface area is 96.6 Å². The molecule has 1 aliphatic heterocycles. The molecule has 0 amide bonds. The predicted molar refractivity (Wildman–Crippen MR) is 59.7 cm³/mol. The zero-order chi connectivity index (χ0) is 12.1. The van der Waals surface area contributed by atoms with Gasteiger partial charge in [-0.05, 0) is 18.8 Å². The highest BCUT2D eigenvalue weighted by Crippen LogP contribution is 2.28. The van der Waals surface area contributed by atoms with E-state index in [0.717, 1.165) is 12.8 Å². The molecule has 0 spiro atoms. The van der Waals surface area contributed by atoms with Gasteiger partial charge in [0.15, 0.2) is 0 Å². The summed E-state index contributed by atoms with van der Waals surface area (Å²) >= 11 is 0. The molecule has 0 aromatic heterocycles. The molecule has 0 aromatic rings. The number of cyclic esters (lactones) is 1. The molecular formula is C12H22O4. The molecule has 0 unspecified atom stereocenters. The van der Waals surface area contributed by atoms with Gasteiger partial charge in [-0.15, -0.1) is 0 Å². The van der Waals surface area contributed by atoms with Crippen molar-refractivity contribution < 1.29 is 19.7 Å². The third-order valence-corrected chi connectivity index (χ3v) is 3.52. The summed E-state index contributed by atoms with van der Waals surface area (Å²) in [5.74, 6) is -0.580. The Hall–Kier alpha value is -0.610. The zero-order valence-corrected chi connectivity index (χ0v) is 10.1. The minimum absolute atomic E-state index is 0.100. The summed E-state index contributed by atoms with van der Waals surface area (Å²) in [7, 11) is 0. The maximum atomic E-state index is 11.4. The van der Waals surface area contributed by atoms with Crippen molar-refractivity contribution in [1.82, 2.24) is 0 Å². The molecule has 1 fully saturated rings. The van der Waals surface area contributed by atoms with E-state index in [-0.39, 0.29) is 25.1 Å². The van der Waals surface area contributed by atoms with Crippen molar-refractivity contribution in [1.29, 1.82) is 0 Å². The predicted octanol–water partition coefficient (Wildman–Crippen LogP) is 0.955. The number of carbonyl (C=O) groups is 1. The number of aliphatic hydroxyl groups excluding tert-OH is 2. The largest absolute Gasteiger partial charge is 0.465 e. The van der Waals surface area contributed by atoms with E-state index in [4.69, 9.17) is 9.84 Å². The van der Waals surface area contributed by atoms with Gasteiger partial charge in [-0.25, -0.2) is 0 Å². The van der Waals surface area contributed by atoms with E-state index < -0.39 is 12.0 Å². The molecular weight excluding hydrogens is 208 g/mol. The van der Waals surface area contributed by atoms with Gasteiger partial charge in [0, 0.05) is 5.92 Å². The highest BCUT2D eigenvalue weighted by Gasteiger charge is 2.41. The normalized spacial score (nSPS) is 28.9. The zero-order valence-electron chi connectivity index (χ0n) is 10.1. The van der Waals surface area contributed by atoms with Gasteiger partial charge in [-0.2, -0.15) is 0 Å². The maximum Gasteiger partial charge on any atom is 0.312 e. The van der Waals surface area contributed by atoms with Crippen molar-refractivity contribution in [2.24, 2.45) is 17.8 Å². The smallest absolute Gasteiger partial charge is 0.312 e. The number of hydrogen-bond acceptors (Lipinski definition) is 4. The van der Waals surface area contributed by atoms with Crippen LogP contribution < -0.4 is 0 Å². The highest BCUT2D eigenvalue weighted by atomic mass is 16.5. The van der Waals surface area contributed by atoms with Crippen LogP contribution in [0.1, 0.15) is 33.1 Å². The van der Waals surface area contributed by atoms with Crippen molar-refractivity contribution in [2.45, 2.75) is 39.2 Å². The summed E-state index contributed by atoms with van der Waals surface area (Å²) in [6.45, 7) is 4.37. The molecule has 1 heterocycles. The fourth-order valence-corrected chi connectivity index (χ4v) is 2.06. The highest BCUT2D eigenvalue weighted by molar-refractivity contribution is 5.75. The molecule has 1 rings (SSSR count). The van der Waals surface area contributed by atoms with E-state index in [0.29, 0.717) is 12.3 Å². The number of ether oxygens (including phenoxy) is 1. The summed E-state index contributed by atoms with van der Waals surface area (Å²) in [5.41, 5.74) is 0. The van der Waals surface area contributed by atoms with Crippen molar-refractivity contribution in [2.75, 3.05) is 13.2 Å². The first-order valence-electron chi connectivity index (χ1n) is 6.05. The summed E-state index contributed by atoms with van der Waals surface area (Å²) in [6, 6.07) is 0. The van der Waals surface area contributed by atoms with E-state index in [1.807, 2.05) is 0 Å². The Morgan fingerprint density at radius 2 is 2.19 bits per heavy atom. The van der Waals surface area contributed by atoms with E-state index in [2.05, 4.69) is 13.8 Å². The minimum Gasteiger partial charge on any atom is -0.465 e. The third kappa shape index (κ3) is 3.19. The van der Waals surface area contributed by atoms with Gasteiger partial charge in [0.05, 0.1) is 25.2 Å². The second-order valence-corrected chi connectivity index (χ2v) is 4.76. The van der Waals surface area contributed by atoms with Gasteiger partial charge in [-0.3, -0.25) is 4.79 Å². The van der Waals surface area contributed by atoms with Crippen LogP contribution >= 0.6 is 0 Å². The molecule has 16 heavy (non-hydrogen) atoms. The van der Waals surface area contributed by atoms with Crippen molar-refractivity contribution in [3.8, 4) is 0 Å². The van der Waals surface area contributed by atoms with E-state index in [1.165, 1.54) is 0 Å². The lowest BCUT2D eigenvalue weighted by Crippen LogP contribution is -2.31. The Morgan fingerprint density at radius 1 is 1.50 bits per heavy atom. The minimum atomic E-state index is -0.679. The molecule has 2 N–H and O–H groups in total. The first kappa shape index (κ1) is 13.5. The quantitative estimate of drug-likeness (QED) is 0.667. The van der Waals surface area contributed by atoms with E-state index in [1.54, 1.807) is 0 Å². The lowest BCUT2D eigenvalue weighted by Gasteiger charge is -2.20. The Bertz CT molecular complexity index is 229. The summed E-state index contributed by atoms with van der Waals surface area (Å²) in [5, 5.41) is 19.0. The summed E-state index contributed by atoms with van der Waals surface area (Å²) in [6.07, 6.45) is 1.90. The molecule has 4 nitrogen and oxygen atoms in total. The van der Waals surface area contributed by atoms with Crippen LogP contribution in [-0.4, -0.2) is 35.5 Å². The Kier molecular flexibility index (Phi) is 5.22. The van der Waals surface area contributed by atoms with Crippen LogP contribution in [0.15, 0.2) is 0 Å². The Morgan fingerprint density at radius 3 is 2.75 bits per heavy atom. The molecule has 0 bridgehead atoms. The van der Waals surface area contributed by atoms with Crippen LogP contribution in [0.4, 0.5) is 0 Å². The Balaban J connectivity index is 2.45. The molecule has 1 aliphatic rings. The molecule has 4 atom stereocenters. The van der Waals surface area contributed by atoms with Crippen molar-refractivity contribution in [3.05, 3.63) is 0 Å². The standard InChI is InChI=1S/C12H22O4/c1-3-8(2)4-5-10(14)11-9(6-13)7-16-12(11)15/h8-11,13-14H,3-7H2,1-2H3/t8-,9+,10+,11-/m0/s1. The number of aliphatic hydroxyl groups is 2. The van der Waals surface area contributed by atoms with Gasteiger partial charge in [-0.1, -0.05) is 20.3 Å². The van der Waals surface area contributed by atoms with Crippen LogP contribution in [0.2, 0.25) is 0 Å². The average molecular weight is 230 g/mol. The monoisotopic (exact) mass is 230 g/mol. The van der Waals surface area contributed by atoms with Gasteiger partial charge in [0.1, 0.15) is 0 Å². The van der Waals surface area contributed by atoms with Crippen LogP contribution in [0, 0.1) is 17.8 Å². The fourth-order valence-electron chi connectivity index (χ4n) is 2.06. The molecule has 1 saturated heterocycles. The third-order valence-electron chi connectivity index (χ3n) is 3.52. The van der Waals surface area contributed by atoms with Crippen LogP contribution in [0.25, 0.3) is 0 Å². The molecule has 4 heteroatoms. The number of rotatable bonds is 6. The van der Waals surface area contributed by atoms with Gasteiger partial charge in [0.2, 0.25) is 0 Å². The lowest BCUT2D eigenvalue weighted by molar-refractivity contribution is -0.144. The second kappa shape index (κ2) is 6.21. The second-order valence-electron chi connectivity index (χ2n) is 4.76. The van der Waals surface area contributed by atoms with Gasteiger partial charge >= 0.3 is 5.97 Å². The lowest BCUT2D eigenvalue weighted by atomic mass is 9.87. The van der Waals surface area contributed by atoms with Crippen LogP contribution in [0.5, 0.6) is 0 Å². The van der Waals surface area contributed by atoms with Crippen LogP contribution in [0.3, 0.4) is 0 Å². The average Bonchev–Trinajstić information content (AvgIpc) is 2.66. The molecule has 94 valence electrons. The van der Waals surface area contributed by atoms with E-state index in [9.17, 15) is 9.90 Å². The molecule has 0 aromatic carbocycles. The van der Waals surface area contributed by atoms with Crippen molar-refractivity contribution >= 4 is 5.97 Å². The van der Waals surface area contributed by atoms with Gasteiger partial charge in [0.25, 0.3) is 0 Å². The number of hydrogen-bond donors (Lipinski definition) is 2. The first-order valence-corrected chi connectivity index (χ1v) is 6.05. The summed E-state index contributed by atoms with van der Waals surface area (Å²) in [4.78, 5) is 11.4. The maximum absolute atomic E-state index is 11.4. The number of esters is 1. The fraction of sp³-hybridized carbons (Fsp3) is 0.917. The molecule has 0 saturated carbocycles.